The first-order valence-electron chi connectivity index (χ1n) is 13.7. The Bertz CT molecular complexity index is 1230. The van der Waals surface area contributed by atoms with Crippen LogP contribution in [0.5, 0.6) is 0 Å². The van der Waals surface area contributed by atoms with Crippen molar-refractivity contribution in [2.24, 2.45) is 5.16 Å². The van der Waals surface area contributed by atoms with Gasteiger partial charge in [-0.3, -0.25) is 14.9 Å². The predicted molar refractivity (Wildman–Crippen MR) is 150 cm³/mol. The fourth-order valence-electron chi connectivity index (χ4n) is 5.09. The number of nitrogens with zero attached hydrogens (tertiary/aromatic N) is 2. The van der Waals surface area contributed by atoms with Crippen molar-refractivity contribution in [1.29, 1.82) is 0 Å². The lowest BCUT2D eigenvalue weighted by Gasteiger charge is -2.32. The maximum absolute atomic E-state index is 12.1. The van der Waals surface area contributed by atoms with Crippen LogP contribution in [0.4, 0.5) is 5.69 Å². The third-order valence-corrected chi connectivity index (χ3v) is 7.16. The molecule has 0 bridgehead atoms. The molecule has 0 amide bonds. The number of non-ortho nitro benzene ring substituents is 1. The van der Waals surface area contributed by atoms with Gasteiger partial charge in [0.15, 0.2) is 0 Å². The summed E-state index contributed by atoms with van der Waals surface area (Å²) in [5, 5.41) is 15.9. The molecule has 1 aliphatic carbocycles. The van der Waals surface area contributed by atoms with Crippen LogP contribution in [-0.4, -0.2) is 56.6 Å². The van der Waals surface area contributed by atoms with E-state index in [0.717, 1.165) is 34.2 Å². The summed E-state index contributed by atoms with van der Waals surface area (Å²) in [4.78, 5) is 40.4. The predicted octanol–water partition coefficient (Wildman–Crippen LogP) is 5.72. The molecule has 0 atom stereocenters. The molecule has 0 aromatic heterocycles. The van der Waals surface area contributed by atoms with Crippen molar-refractivity contribution in [3.8, 4) is 11.1 Å². The third-order valence-electron chi connectivity index (χ3n) is 7.16. The van der Waals surface area contributed by atoms with Gasteiger partial charge in [-0.1, -0.05) is 31.1 Å². The smallest absolute Gasteiger partial charge is 0.334 e. The minimum Gasteiger partial charge on any atom is -0.466 e. The van der Waals surface area contributed by atoms with Crippen LogP contribution < -0.4 is 0 Å². The molecular weight excluding hydrogens is 516 g/mol. The van der Waals surface area contributed by atoms with Crippen molar-refractivity contribution in [3.63, 3.8) is 0 Å². The first kappa shape index (κ1) is 30.9. The highest BCUT2D eigenvalue weighted by Gasteiger charge is 2.43. The fourth-order valence-corrected chi connectivity index (χ4v) is 5.09. The number of hydrogen-bond acceptors (Lipinski definition) is 9. The Labute approximate surface area is 234 Å². The first-order valence-corrected chi connectivity index (χ1v) is 13.7. The lowest BCUT2D eigenvalue weighted by atomic mass is 9.72. The second-order valence-electron chi connectivity index (χ2n) is 9.74. The number of benzene rings is 2. The molecule has 0 saturated heterocycles. The standard InChI is InChI=1S/C30H38N2O8/c1-5-16-39-29(34)9-7-8-27(31-40-28(33)6-2)21-10-12-23-24-13-11-22(32(35)36)20-26(24)30(14-17-37-3,15-18-38-4)25(23)19-21/h10-13,19-20H,5-9,14-18H2,1-4H3/b31-27+. The van der Waals surface area contributed by atoms with Crippen LogP contribution in [-0.2, 0) is 34.1 Å². The quantitative estimate of drug-likeness (QED) is 0.0848. The number of nitro benzene ring substituents is 1. The molecule has 0 N–H and O–H groups in total. The van der Waals surface area contributed by atoms with Gasteiger partial charge < -0.3 is 19.0 Å². The molecule has 216 valence electrons. The normalized spacial score (nSPS) is 13.4. The van der Waals surface area contributed by atoms with Crippen LogP contribution >= 0.6 is 0 Å². The van der Waals surface area contributed by atoms with Gasteiger partial charge in [0.05, 0.1) is 17.2 Å². The van der Waals surface area contributed by atoms with Crippen LogP contribution in [0, 0.1) is 10.1 Å². The minimum absolute atomic E-state index is 0.0228. The number of methoxy groups -OCH3 is 2. The Kier molecular flexibility index (Phi) is 11.3. The summed E-state index contributed by atoms with van der Waals surface area (Å²) in [6, 6.07) is 10.9. The Hall–Kier alpha value is -3.63. The van der Waals surface area contributed by atoms with Gasteiger partial charge in [0.2, 0.25) is 0 Å². The Morgan fingerprint density at radius 2 is 1.55 bits per heavy atom. The third kappa shape index (κ3) is 7.11. The number of ether oxygens (including phenoxy) is 3. The topological polar surface area (TPSA) is 127 Å². The van der Waals surface area contributed by atoms with E-state index in [1.54, 1.807) is 33.3 Å². The zero-order chi connectivity index (χ0) is 29.1. The minimum atomic E-state index is -0.603. The summed E-state index contributed by atoms with van der Waals surface area (Å²) < 4.78 is 16.1. The highest BCUT2D eigenvalue weighted by molar-refractivity contribution is 6.02. The average Bonchev–Trinajstić information content (AvgIpc) is 3.23. The Morgan fingerprint density at radius 1 is 0.900 bits per heavy atom. The molecule has 2 aromatic rings. The number of oxime groups is 1. The average molecular weight is 555 g/mol. The molecule has 0 aliphatic heterocycles. The van der Waals surface area contributed by atoms with E-state index in [2.05, 4.69) is 5.16 Å². The highest BCUT2D eigenvalue weighted by atomic mass is 16.7. The molecular formula is C30H38N2O8. The molecule has 0 fully saturated rings. The van der Waals surface area contributed by atoms with Crippen LogP contribution in [0.15, 0.2) is 41.6 Å². The maximum Gasteiger partial charge on any atom is 0.334 e. The molecule has 0 unspecified atom stereocenters. The van der Waals surface area contributed by atoms with E-state index >= 15 is 0 Å². The van der Waals surface area contributed by atoms with E-state index in [0.29, 0.717) is 51.2 Å². The molecule has 3 rings (SSSR count). The number of carbonyl (C=O) groups excluding carboxylic acids is 2. The summed E-state index contributed by atoms with van der Waals surface area (Å²) in [7, 11) is 3.26. The largest absolute Gasteiger partial charge is 0.466 e. The molecule has 2 aromatic carbocycles. The Balaban J connectivity index is 2.08. The van der Waals surface area contributed by atoms with Crippen molar-refractivity contribution in [2.75, 3.05) is 34.0 Å². The number of esters is 1. The van der Waals surface area contributed by atoms with Crippen molar-refractivity contribution in [3.05, 3.63) is 63.2 Å². The van der Waals surface area contributed by atoms with E-state index in [1.165, 1.54) is 6.07 Å². The summed E-state index contributed by atoms with van der Waals surface area (Å²) in [5.41, 5.74) is 4.42. The maximum atomic E-state index is 12.1. The summed E-state index contributed by atoms with van der Waals surface area (Å²) in [6.45, 7) is 4.87. The van der Waals surface area contributed by atoms with Crippen LogP contribution in [0.25, 0.3) is 11.1 Å². The second kappa shape index (κ2) is 14.7. The Morgan fingerprint density at radius 3 is 2.15 bits per heavy atom. The monoisotopic (exact) mass is 554 g/mol. The highest BCUT2D eigenvalue weighted by Crippen LogP contribution is 2.54. The van der Waals surface area contributed by atoms with E-state index < -0.39 is 11.4 Å². The van der Waals surface area contributed by atoms with E-state index in [-0.39, 0.29) is 29.4 Å². The molecule has 10 nitrogen and oxygen atoms in total. The van der Waals surface area contributed by atoms with E-state index in [1.807, 2.05) is 25.1 Å². The van der Waals surface area contributed by atoms with Gasteiger partial charge in [0, 0.05) is 57.8 Å². The van der Waals surface area contributed by atoms with E-state index in [4.69, 9.17) is 19.0 Å². The molecule has 1 aliphatic rings. The van der Waals surface area contributed by atoms with Crippen molar-refractivity contribution < 1.29 is 33.6 Å². The first-order chi connectivity index (χ1) is 19.3. The fraction of sp³-hybridized carbons (Fsp3) is 0.500. The summed E-state index contributed by atoms with van der Waals surface area (Å²) in [5.74, 6) is -0.744. The van der Waals surface area contributed by atoms with Crippen molar-refractivity contribution in [1.82, 2.24) is 0 Å². The molecule has 10 heteroatoms. The van der Waals surface area contributed by atoms with Crippen molar-refractivity contribution >= 4 is 23.3 Å². The van der Waals surface area contributed by atoms with Crippen molar-refractivity contribution in [2.45, 2.75) is 64.2 Å². The molecule has 40 heavy (non-hydrogen) atoms. The lowest BCUT2D eigenvalue weighted by Crippen LogP contribution is -2.29. The number of rotatable bonds is 16. The van der Waals surface area contributed by atoms with Crippen LogP contribution in [0.3, 0.4) is 0 Å². The number of hydrogen-bond donors (Lipinski definition) is 0. The zero-order valence-electron chi connectivity index (χ0n) is 23.7. The zero-order valence-corrected chi connectivity index (χ0v) is 23.7. The van der Waals surface area contributed by atoms with Gasteiger partial charge in [0.1, 0.15) is 0 Å². The number of fused-ring (bicyclic) bond motifs is 3. The van der Waals surface area contributed by atoms with Crippen LogP contribution in [0.1, 0.15) is 75.5 Å². The second-order valence-corrected chi connectivity index (χ2v) is 9.74. The lowest BCUT2D eigenvalue weighted by molar-refractivity contribution is -0.384. The molecule has 0 heterocycles. The van der Waals surface area contributed by atoms with Gasteiger partial charge in [-0.25, -0.2) is 4.79 Å². The summed E-state index contributed by atoms with van der Waals surface area (Å²) in [6.07, 6.45) is 3.16. The van der Waals surface area contributed by atoms with Gasteiger partial charge in [-0.05, 0) is 72.1 Å². The molecule has 0 saturated carbocycles. The van der Waals surface area contributed by atoms with Gasteiger partial charge >= 0.3 is 11.9 Å². The van der Waals surface area contributed by atoms with Gasteiger partial charge in [0.25, 0.3) is 5.69 Å². The SMILES string of the molecule is CCCOC(=O)CCC/C(=N\OC(=O)CC)c1ccc2c(c1)C(CCOC)(CCOC)c1cc([N+](=O)[O-])ccc1-2. The van der Waals surface area contributed by atoms with Crippen LogP contribution in [0.2, 0.25) is 0 Å². The number of nitro groups is 1. The molecule has 0 radical (unpaired) electrons. The van der Waals surface area contributed by atoms with E-state index in [9.17, 15) is 19.7 Å². The van der Waals surface area contributed by atoms with Gasteiger partial charge in [-0.15, -0.1) is 0 Å². The number of carbonyl (C=O) groups is 2. The van der Waals surface area contributed by atoms with Gasteiger partial charge in [-0.2, -0.15) is 0 Å². The summed E-state index contributed by atoms with van der Waals surface area (Å²) >= 11 is 0. The molecule has 0 spiro atoms.